The zero-order valence-electron chi connectivity index (χ0n) is 6.08. The predicted molar refractivity (Wildman–Crippen MR) is 38.0 cm³/mol. The molecular formula is C6H13N2O2. The number of rotatable bonds is 4. The van der Waals surface area contributed by atoms with E-state index in [1.54, 1.807) is 6.54 Å². The van der Waals surface area contributed by atoms with E-state index in [1.807, 2.05) is 6.92 Å². The van der Waals surface area contributed by atoms with Gasteiger partial charge in [-0.25, -0.2) is 4.79 Å². The molecule has 0 aliphatic heterocycles. The number of nitrogens with two attached hydrogens (primary N) is 1. The molecule has 0 aliphatic rings. The van der Waals surface area contributed by atoms with E-state index in [0.29, 0.717) is 0 Å². The average Bonchev–Trinajstić information content (AvgIpc) is 1.87. The Morgan fingerprint density at radius 3 is 2.70 bits per heavy atom. The number of urea groups is 1. The third-order valence-electron chi connectivity index (χ3n) is 1.03. The Labute approximate surface area is 60.6 Å². The lowest BCUT2D eigenvalue weighted by Crippen LogP contribution is -2.35. The highest BCUT2D eigenvalue weighted by molar-refractivity contribution is 5.72. The van der Waals surface area contributed by atoms with Crippen LogP contribution in [0.1, 0.15) is 13.3 Å². The van der Waals surface area contributed by atoms with Crippen LogP contribution in [-0.2, 0) is 0 Å². The summed E-state index contributed by atoms with van der Waals surface area (Å²) in [5.41, 5.74) is 4.95. The standard InChI is InChI=1S/C6H13N2O2/c1-2-3-8(4-5-9)6(7)10/h3,9H,2,4-5H2,1H3,(H2,7,10). The van der Waals surface area contributed by atoms with E-state index in [-0.39, 0.29) is 13.2 Å². The van der Waals surface area contributed by atoms with Crippen LogP contribution < -0.4 is 5.73 Å². The van der Waals surface area contributed by atoms with Gasteiger partial charge in [0.1, 0.15) is 0 Å². The Morgan fingerprint density at radius 2 is 2.40 bits per heavy atom. The van der Waals surface area contributed by atoms with E-state index in [2.05, 4.69) is 0 Å². The van der Waals surface area contributed by atoms with Crippen molar-refractivity contribution >= 4 is 6.03 Å². The van der Waals surface area contributed by atoms with Crippen LogP contribution in [-0.4, -0.2) is 29.2 Å². The van der Waals surface area contributed by atoms with E-state index >= 15 is 0 Å². The number of nitrogens with zero attached hydrogens (tertiary/aromatic N) is 1. The first kappa shape index (κ1) is 9.23. The fraction of sp³-hybridized carbons (Fsp3) is 0.667. The van der Waals surface area contributed by atoms with Crippen LogP contribution in [0.2, 0.25) is 0 Å². The molecule has 4 nitrogen and oxygen atoms in total. The molecule has 0 aromatic heterocycles. The summed E-state index contributed by atoms with van der Waals surface area (Å²) in [6.07, 6.45) is 0.739. The van der Waals surface area contributed by atoms with E-state index in [4.69, 9.17) is 10.8 Å². The van der Waals surface area contributed by atoms with E-state index in [1.165, 1.54) is 4.90 Å². The maximum atomic E-state index is 10.5. The SMILES string of the molecule is CC[CH]N(CCO)C(N)=O. The van der Waals surface area contributed by atoms with Crippen LogP contribution in [0.5, 0.6) is 0 Å². The lowest BCUT2D eigenvalue weighted by atomic mass is 10.4. The Hall–Kier alpha value is -0.770. The molecule has 0 spiro atoms. The van der Waals surface area contributed by atoms with Crippen molar-refractivity contribution in [1.29, 1.82) is 0 Å². The van der Waals surface area contributed by atoms with E-state index in [0.717, 1.165) is 6.42 Å². The van der Waals surface area contributed by atoms with Gasteiger partial charge in [0, 0.05) is 6.54 Å². The van der Waals surface area contributed by atoms with Crippen molar-refractivity contribution in [3.63, 3.8) is 0 Å². The first-order valence-electron chi connectivity index (χ1n) is 3.22. The molecule has 2 amide bonds. The van der Waals surface area contributed by atoms with Crippen LogP contribution in [0.3, 0.4) is 0 Å². The number of primary amides is 1. The Balaban J connectivity index is 3.61. The number of carbonyl (C=O) groups is 1. The number of aliphatic hydroxyl groups is 1. The van der Waals surface area contributed by atoms with Crippen LogP contribution >= 0.6 is 0 Å². The molecule has 0 rings (SSSR count). The van der Waals surface area contributed by atoms with Crippen molar-refractivity contribution in [1.82, 2.24) is 4.90 Å². The van der Waals surface area contributed by atoms with Crippen LogP contribution in [0.25, 0.3) is 0 Å². The molecule has 0 fully saturated rings. The third-order valence-corrected chi connectivity index (χ3v) is 1.03. The highest BCUT2D eigenvalue weighted by atomic mass is 16.3. The summed E-state index contributed by atoms with van der Waals surface area (Å²) < 4.78 is 0. The van der Waals surface area contributed by atoms with Gasteiger partial charge in [-0.3, -0.25) is 0 Å². The third kappa shape index (κ3) is 3.29. The van der Waals surface area contributed by atoms with E-state index < -0.39 is 6.03 Å². The molecule has 0 atom stereocenters. The van der Waals surface area contributed by atoms with Crippen molar-refractivity contribution in [3.05, 3.63) is 6.54 Å². The Kier molecular flexibility index (Phi) is 4.66. The summed E-state index contributed by atoms with van der Waals surface area (Å²) >= 11 is 0. The zero-order valence-corrected chi connectivity index (χ0v) is 6.08. The van der Waals surface area contributed by atoms with Crippen LogP contribution in [0, 0.1) is 6.54 Å². The molecular weight excluding hydrogens is 132 g/mol. The van der Waals surface area contributed by atoms with Gasteiger partial charge in [-0.05, 0) is 6.42 Å². The second-order valence-corrected chi connectivity index (χ2v) is 1.85. The number of hydrogen-bond donors (Lipinski definition) is 2. The van der Waals surface area contributed by atoms with Crippen molar-refractivity contribution in [3.8, 4) is 0 Å². The summed E-state index contributed by atoms with van der Waals surface area (Å²) in [7, 11) is 0. The first-order valence-corrected chi connectivity index (χ1v) is 3.22. The maximum Gasteiger partial charge on any atom is 0.315 e. The van der Waals surface area contributed by atoms with Crippen molar-refractivity contribution in [2.45, 2.75) is 13.3 Å². The Morgan fingerprint density at radius 1 is 1.80 bits per heavy atom. The highest BCUT2D eigenvalue weighted by Crippen LogP contribution is 1.94. The smallest absolute Gasteiger partial charge is 0.315 e. The molecule has 0 unspecified atom stereocenters. The van der Waals surface area contributed by atoms with Crippen molar-refractivity contribution in [2.75, 3.05) is 13.2 Å². The number of aliphatic hydroxyl groups excluding tert-OH is 1. The normalized spacial score (nSPS) is 9.40. The van der Waals surface area contributed by atoms with Gasteiger partial charge < -0.3 is 15.7 Å². The molecule has 0 bridgehead atoms. The van der Waals surface area contributed by atoms with Crippen LogP contribution in [0.4, 0.5) is 4.79 Å². The van der Waals surface area contributed by atoms with Gasteiger partial charge >= 0.3 is 6.03 Å². The topological polar surface area (TPSA) is 66.6 Å². The van der Waals surface area contributed by atoms with Gasteiger partial charge in [0.15, 0.2) is 0 Å². The maximum absolute atomic E-state index is 10.5. The fourth-order valence-corrected chi connectivity index (χ4v) is 0.620. The molecule has 0 aromatic rings. The summed E-state index contributed by atoms with van der Waals surface area (Å²) in [4.78, 5) is 11.8. The largest absolute Gasteiger partial charge is 0.395 e. The minimum Gasteiger partial charge on any atom is -0.395 e. The van der Waals surface area contributed by atoms with Crippen LogP contribution in [0.15, 0.2) is 0 Å². The number of carbonyl (C=O) groups excluding carboxylic acids is 1. The lowest BCUT2D eigenvalue weighted by molar-refractivity contribution is 0.198. The molecule has 0 aliphatic carbocycles. The molecule has 1 radical (unpaired) electrons. The highest BCUT2D eigenvalue weighted by Gasteiger charge is 2.05. The minimum atomic E-state index is -0.518. The van der Waals surface area contributed by atoms with Gasteiger partial charge in [0.25, 0.3) is 0 Å². The van der Waals surface area contributed by atoms with Crippen molar-refractivity contribution in [2.24, 2.45) is 5.73 Å². The number of amides is 2. The number of hydrogen-bond acceptors (Lipinski definition) is 2. The van der Waals surface area contributed by atoms with E-state index in [9.17, 15) is 4.79 Å². The lowest BCUT2D eigenvalue weighted by Gasteiger charge is -2.16. The molecule has 0 saturated carbocycles. The summed E-state index contributed by atoms with van der Waals surface area (Å²) in [5, 5.41) is 8.44. The van der Waals surface area contributed by atoms with Gasteiger partial charge in [-0.1, -0.05) is 6.92 Å². The average molecular weight is 145 g/mol. The monoisotopic (exact) mass is 145 g/mol. The predicted octanol–water partition coefficient (Wildman–Crippen LogP) is -0.0688. The summed E-state index contributed by atoms with van der Waals surface area (Å²) in [6, 6.07) is -0.518. The van der Waals surface area contributed by atoms with Gasteiger partial charge in [0.05, 0.1) is 13.2 Å². The van der Waals surface area contributed by atoms with Gasteiger partial charge in [0.2, 0.25) is 0 Å². The molecule has 0 saturated heterocycles. The van der Waals surface area contributed by atoms with Gasteiger partial charge in [-0.2, -0.15) is 0 Å². The minimum absolute atomic E-state index is 0.0561. The first-order chi connectivity index (χ1) is 4.72. The Bertz CT molecular complexity index is 99.9. The zero-order chi connectivity index (χ0) is 7.98. The summed E-state index contributed by atoms with van der Waals surface area (Å²) in [6.45, 7) is 3.77. The van der Waals surface area contributed by atoms with Gasteiger partial charge in [-0.15, -0.1) is 0 Å². The molecule has 59 valence electrons. The quantitative estimate of drug-likeness (QED) is 0.581. The molecule has 10 heavy (non-hydrogen) atoms. The molecule has 4 heteroatoms. The fourth-order valence-electron chi connectivity index (χ4n) is 0.620. The molecule has 0 aromatic carbocycles. The summed E-state index contributed by atoms with van der Waals surface area (Å²) in [5.74, 6) is 0. The second-order valence-electron chi connectivity index (χ2n) is 1.85. The molecule has 0 heterocycles. The second kappa shape index (κ2) is 5.05. The molecule has 3 N–H and O–H groups in total. The van der Waals surface area contributed by atoms with Crippen molar-refractivity contribution < 1.29 is 9.90 Å².